The normalized spacial score (nSPS) is 15.7. The quantitative estimate of drug-likeness (QED) is 0.149. The van der Waals surface area contributed by atoms with Crippen LogP contribution < -0.4 is 0 Å². The number of rotatable bonds is 23. The summed E-state index contributed by atoms with van der Waals surface area (Å²) in [6.45, 7) is 12.4. The van der Waals surface area contributed by atoms with Crippen LogP contribution in [-0.2, 0) is 57.0 Å². The third-order valence-electron chi connectivity index (χ3n) is 4.94. The van der Waals surface area contributed by atoms with Gasteiger partial charge in [-0.2, -0.15) is 0 Å². The molecule has 220 valence electrons. The van der Waals surface area contributed by atoms with Gasteiger partial charge in [0.15, 0.2) is 0 Å². The summed E-state index contributed by atoms with van der Waals surface area (Å²) >= 11 is 0. The van der Waals surface area contributed by atoms with Gasteiger partial charge in [-0.15, -0.1) is 0 Å². The molecule has 0 radical (unpaired) electrons. The van der Waals surface area contributed by atoms with Crippen molar-refractivity contribution in [2.45, 2.75) is 91.4 Å². The first-order chi connectivity index (χ1) is 17.6. The highest BCUT2D eigenvalue weighted by molar-refractivity contribution is 5.76. The molecule has 3 unspecified atom stereocenters. The molecule has 0 rings (SSSR count). The van der Waals surface area contributed by atoms with E-state index in [1.807, 2.05) is 0 Å². The SMILES string of the molecule is CCOC(OC)C(OCC)(OCC)C(C)OC(OCC)(OC(=O)CCC(=O)O)C(OC)(OCC)OCC. The molecule has 0 spiro atoms. The molecule has 0 aliphatic rings. The lowest BCUT2D eigenvalue weighted by Gasteiger charge is -2.48. The van der Waals surface area contributed by atoms with Gasteiger partial charge in [-0.3, -0.25) is 9.59 Å². The number of carbonyl (C=O) groups is 2. The van der Waals surface area contributed by atoms with Crippen molar-refractivity contribution in [3.05, 3.63) is 0 Å². The van der Waals surface area contributed by atoms with Crippen molar-refractivity contribution >= 4 is 11.9 Å². The highest BCUT2D eigenvalue weighted by atomic mass is 17.0. The number of carbonyl (C=O) groups excluding carboxylic acids is 1. The van der Waals surface area contributed by atoms with E-state index in [1.54, 1.807) is 48.5 Å². The van der Waals surface area contributed by atoms with E-state index in [1.165, 1.54) is 14.2 Å². The van der Waals surface area contributed by atoms with Crippen LogP contribution in [0.15, 0.2) is 0 Å². The van der Waals surface area contributed by atoms with Gasteiger partial charge in [0.05, 0.1) is 19.4 Å². The van der Waals surface area contributed by atoms with Crippen molar-refractivity contribution in [3.63, 3.8) is 0 Å². The molecule has 13 heteroatoms. The van der Waals surface area contributed by atoms with Crippen molar-refractivity contribution in [2.24, 2.45) is 0 Å². The summed E-state index contributed by atoms with van der Waals surface area (Å²) in [5.74, 6) is -8.55. The number of carboxylic acid groups (broad SMARTS) is 1. The van der Waals surface area contributed by atoms with Crippen molar-refractivity contribution in [1.29, 1.82) is 0 Å². The summed E-state index contributed by atoms with van der Waals surface area (Å²) in [7, 11) is 2.68. The monoisotopic (exact) mass is 542 g/mol. The second kappa shape index (κ2) is 18.0. The Morgan fingerprint density at radius 3 is 1.59 bits per heavy atom. The zero-order valence-electron chi connectivity index (χ0n) is 23.7. The molecule has 0 bridgehead atoms. The molecule has 0 saturated heterocycles. The minimum Gasteiger partial charge on any atom is -0.481 e. The topological polar surface area (TPSA) is 147 Å². The standard InChI is InChI=1S/C24H46O13/c1-10-30-21(28-8)22(31-11-2,32-12-3)18(7)36-24(35-15-6,37-20(27)17-16-19(25)26)23(29-9,33-13-4)34-14-5/h18,21H,10-17H2,1-9H3,(H,25,26). The number of ether oxygens (including phenoxy) is 10. The van der Waals surface area contributed by atoms with E-state index in [4.69, 9.17) is 52.5 Å². The van der Waals surface area contributed by atoms with E-state index in [9.17, 15) is 9.59 Å². The Kier molecular flexibility index (Phi) is 17.3. The maximum absolute atomic E-state index is 12.9. The van der Waals surface area contributed by atoms with Gasteiger partial charge in [-0.1, -0.05) is 0 Å². The zero-order chi connectivity index (χ0) is 28.5. The minimum absolute atomic E-state index is 0.0365. The molecule has 0 fully saturated rings. The number of carboxylic acids is 1. The highest BCUT2D eigenvalue weighted by Gasteiger charge is 2.65. The lowest BCUT2D eigenvalue weighted by atomic mass is 10.1. The lowest BCUT2D eigenvalue weighted by molar-refractivity contribution is -0.560. The van der Waals surface area contributed by atoms with Crippen LogP contribution in [0, 0.1) is 0 Å². The van der Waals surface area contributed by atoms with Gasteiger partial charge in [0.2, 0.25) is 12.1 Å². The van der Waals surface area contributed by atoms with Gasteiger partial charge in [0.1, 0.15) is 6.10 Å². The van der Waals surface area contributed by atoms with Crippen LogP contribution >= 0.6 is 0 Å². The maximum atomic E-state index is 12.9. The van der Waals surface area contributed by atoms with Gasteiger partial charge in [-0.25, -0.2) is 0 Å². The molecule has 0 aromatic rings. The summed E-state index contributed by atoms with van der Waals surface area (Å²) in [5, 5.41) is 9.04. The third-order valence-corrected chi connectivity index (χ3v) is 4.94. The van der Waals surface area contributed by atoms with Crippen molar-refractivity contribution in [3.8, 4) is 0 Å². The molecule has 1 N–H and O–H groups in total. The van der Waals surface area contributed by atoms with Crippen LogP contribution in [-0.4, -0.2) is 101 Å². The van der Waals surface area contributed by atoms with Crippen LogP contribution in [0.1, 0.15) is 61.3 Å². The lowest BCUT2D eigenvalue weighted by Crippen LogP contribution is -2.68. The molecule has 0 saturated carbocycles. The van der Waals surface area contributed by atoms with Gasteiger partial charge in [0.25, 0.3) is 0 Å². The fourth-order valence-corrected chi connectivity index (χ4v) is 3.62. The van der Waals surface area contributed by atoms with E-state index in [2.05, 4.69) is 0 Å². The summed E-state index contributed by atoms with van der Waals surface area (Å²) in [4.78, 5) is 23.9. The average molecular weight is 543 g/mol. The van der Waals surface area contributed by atoms with E-state index < -0.39 is 54.9 Å². The molecule has 0 heterocycles. The Morgan fingerprint density at radius 1 is 0.730 bits per heavy atom. The fourth-order valence-electron chi connectivity index (χ4n) is 3.62. The fraction of sp³-hybridized carbons (Fsp3) is 0.917. The molecule has 0 aliphatic heterocycles. The Hall–Kier alpha value is -1.42. The number of aliphatic carboxylic acids is 1. The molecular weight excluding hydrogens is 496 g/mol. The van der Waals surface area contributed by atoms with Gasteiger partial charge in [-0.05, 0) is 48.5 Å². The number of methoxy groups -OCH3 is 2. The third kappa shape index (κ3) is 9.37. The van der Waals surface area contributed by atoms with Crippen LogP contribution in [0.2, 0.25) is 0 Å². The Morgan fingerprint density at radius 2 is 1.22 bits per heavy atom. The number of hydrogen-bond donors (Lipinski definition) is 1. The molecule has 0 aromatic carbocycles. The van der Waals surface area contributed by atoms with E-state index >= 15 is 0 Å². The molecule has 37 heavy (non-hydrogen) atoms. The van der Waals surface area contributed by atoms with Gasteiger partial charge >= 0.3 is 23.9 Å². The van der Waals surface area contributed by atoms with Crippen LogP contribution in [0.4, 0.5) is 0 Å². The predicted molar refractivity (Wildman–Crippen MR) is 129 cm³/mol. The molecule has 13 nitrogen and oxygen atoms in total. The Balaban J connectivity index is 6.96. The summed E-state index contributed by atoms with van der Waals surface area (Å²) in [5.41, 5.74) is 0. The Labute approximate surface area is 219 Å². The maximum Gasteiger partial charge on any atom is 0.417 e. The van der Waals surface area contributed by atoms with E-state index in [0.29, 0.717) is 0 Å². The van der Waals surface area contributed by atoms with E-state index in [-0.39, 0.29) is 39.6 Å². The first-order valence-electron chi connectivity index (χ1n) is 12.6. The van der Waals surface area contributed by atoms with Crippen molar-refractivity contribution in [2.75, 3.05) is 53.9 Å². The Bertz CT molecular complexity index is 632. The van der Waals surface area contributed by atoms with Gasteiger partial charge < -0.3 is 52.5 Å². The van der Waals surface area contributed by atoms with Crippen LogP contribution in [0.5, 0.6) is 0 Å². The number of hydrogen-bond acceptors (Lipinski definition) is 12. The largest absolute Gasteiger partial charge is 0.481 e. The summed E-state index contributed by atoms with van der Waals surface area (Å²) in [6.07, 6.45) is -3.19. The number of esters is 1. The van der Waals surface area contributed by atoms with Gasteiger partial charge in [0, 0.05) is 47.3 Å². The molecule has 0 aromatic heterocycles. The van der Waals surface area contributed by atoms with Crippen LogP contribution in [0.25, 0.3) is 0 Å². The predicted octanol–water partition coefficient (Wildman–Crippen LogP) is 2.64. The second-order valence-corrected chi connectivity index (χ2v) is 7.35. The molecule has 3 atom stereocenters. The first-order valence-corrected chi connectivity index (χ1v) is 12.6. The summed E-state index contributed by atoms with van der Waals surface area (Å²) in [6, 6.07) is 0. The van der Waals surface area contributed by atoms with Crippen molar-refractivity contribution in [1.82, 2.24) is 0 Å². The molecular formula is C24H46O13. The summed E-state index contributed by atoms with van der Waals surface area (Å²) < 4.78 is 58.4. The molecule has 0 aliphatic carbocycles. The molecule has 0 amide bonds. The highest BCUT2D eigenvalue weighted by Crippen LogP contribution is 2.40. The average Bonchev–Trinajstić information content (AvgIpc) is 2.85. The zero-order valence-corrected chi connectivity index (χ0v) is 23.7. The first kappa shape index (κ1) is 35.6. The second-order valence-electron chi connectivity index (χ2n) is 7.35. The van der Waals surface area contributed by atoms with Crippen molar-refractivity contribution < 1.29 is 62.1 Å². The van der Waals surface area contributed by atoms with E-state index in [0.717, 1.165) is 0 Å². The smallest absolute Gasteiger partial charge is 0.417 e. The van der Waals surface area contributed by atoms with Crippen LogP contribution in [0.3, 0.4) is 0 Å². The minimum atomic E-state index is -2.50.